The van der Waals surface area contributed by atoms with E-state index in [1.54, 1.807) is 0 Å². The van der Waals surface area contributed by atoms with E-state index in [0.717, 1.165) is 12.2 Å². The summed E-state index contributed by atoms with van der Waals surface area (Å²) in [6, 6.07) is 0.209. The van der Waals surface area contributed by atoms with Gasteiger partial charge in [0.2, 0.25) is 11.8 Å². The van der Waals surface area contributed by atoms with Crippen LogP contribution in [0, 0.1) is 0 Å². The number of carbonyl (C=O) groups is 3. The molecule has 2 amide bonds. The summed E-state index contributed by atoms with van der Waals surface area (Å²) in [6.07, 6.45) is 3.15. The van der Waals surface area contributed by atoms with Crippen molar-refractivity contribution in [3.05, 3.63) is 38.0 Å². The molecule has 0 aromatic rings. The number of aliphatic carboxylic acids is 1. The van der Waals surface area contributed by atoms with E-state index in [4.69, 9.17) is 5.11 Å². The third kappa shape index (κ3) is 37.3. The number of primary amides is 1. The standard InChI is InChI=1S/C6H11NO.C3H5NO.C3H4O2/c1-4-6(8)7-5(2)3;2*1-2-3(4)5/h4-5H,1H2,2-3H3,(H,7,8);2H,1H2,(H2,4,5);2H,1H2,(H,4,5). The first-order chi connectivity index (χ1) is 8.20. The maximum Gasteiger partial charge on any atom is 0.327 e. The Hall–Kier alpha value is -2.37. The van der Waals surface area contributed by atoms with Crippen LogP contribution in [0.5, 0.6) is 0 Å². The Morgan fingerprint density at radius 1 is 1.11 bits per heavy atom. The number of nitrogens with two attached hydrogens (primary N) is 1. The lowest BCUT2D eigenvalue weighted by molar-refractivity contribution is -0.131. The van der Waals surface area contributed by atoms with Crippen LogP contribution in [0.4, 0.5) is 0 Å². The van der Waals surface area contributed by atoms with Crippen LogP contribution in [0.3, 0.4) is 0 Å². The molecule has 4 N–H and O–H groups in total. The van der Waals surface area contributed by atoms with Crippen molar-refractivity contribution in [2.45, 2.75) is 19.9 Å². The van der Waals surface area contributed by atoms with Gasteiger partial charge in [-0.2, -0.15) is 0 Å². The van der Waals surface area contributed by atoms with Crippen LogP contribution in [-0.4, -0.2) is 28.9 Å². The van der Waals surface area contributed by atoms with Gasteiger partial charge in [-0.05, 0) is 26.0 Å². The van der Waals surface area contributed by atoms with Crippen LogP contribution in [0.1, 0.15) is 13.8 Å². The second-order valence-electron chi connectivity index (χ2n) is 3.02. The summed E-state index contributed by atoms with van der Waals surface area (Å²) < 4.78 is 0. The molecule has 0 rings (SSSR count). The molecule has 0 aromatic heterocycles. The molecule has 6 heteroatoms. The van der Waals surface area contributed by atoms with E-state index in [-0.39, 0.29) is 11.9 Å². The lowest BCUT2D eigenvalue weighted by Gasteiger charge is -2.02. The molecule has 102 valence electrons. The zero-order valence-corrected chi connectivity index (χ0v) is 10.7. The highest BCUT2D eigenvalue weighted by Crippen LogP contribution is 1.75. The van der Waals surface area contributed by atoms with E-state index in [9.17, 15) is 14.4 Å². The summed E-state index contributed by atoms with van der Waals surface area (Å²) in [7, 11) is 0. The first kappa shape index (κ1) is 21.0. The summed E-state index contributed by atoms with van der Waals surface area (Å²) >= 11 is 0. The van der Waals surface area contributed by atoms with Crippen molar-refractivity contribution in [2.75, 3.05) is 0 Å². The first-order valence-corrected chi connectivity index (χ1v) is 4.91. The Labute approximate surface area is 107 Å². The Balaban J connectivity index is -0.000000197. The van der Waals surface area contributed by atoms with Crippen molar-refractivity contribution in [1.29, 1.82) is 0 Å². The molecule has 18 heavy (non-hydrogen) atoms. The van der Waals surface area contributed by atoms with E-state index in [1.165, 1.54) is 6.08 Å². The van der Waals surface area contributed by atoms with E-state index < -0.39 is 11.9 Å². The average Bonchev–Trinajstić information content (AvgIpc) is 2.29. The number of amides is 2. The topological polar surface area (TPSA) is 109 Å². The molecule has 0 fully saturated rings. The highest BCUT2D eigenvalue weighted by molar-refractivity contribution is 5.87. The fourth-order valence-corrected chi connectivity index (χ4v) is 0.343. The van der Waals surface area contributed by atoms with Gasteiger partial charge in [-0.3, -0.25) is 9.59 Å². The van der Waals surface area contributed by atoms with Gasteiger partial charge in [0.1, 0.15) is 0 Å². The highest BCUT2D eigenvalue weighted by Gasteiger charge is 1.93. The monoisotopic (exact) mass is 256 g/mol. The molecular formula is C12H20N2O4. The van der Waals surface area contributed by atoms with Gasteiger partial charge in [-0.1, -0.05) is 19.7 Å². The summed E-state index contributed by atoms with van der Waals surface area (Å²) in [5, 5.41) is 10.2. The van der Waals surface area contributed by atoms with Crippen molar-refractivity contribution in [2.24, 2.45) is 5.73 Å². The van der Waals surface area contributed by atoms with Crippen LogP contribution in [-0.2, 0) is 14.4 Å². The number of hydrogen-bond acceptors (Lipinski definition) is 3. The Bertz CT molecular complexity index is 291. The third-order valence-electron chi connectivity index (χ3n) is 0.992. The number of rotatable bonds is 4. The Kier molecular flexibility index (Phi) is 17.0. The van der Waals surface area contributed by atoms with Gasteiger partial charge >= 0.3 is 5.97 Å². The number of carboxylic acid groups (broad SMARTS) is 1. The lowest BCUT2D eigenvalue weighted by Crippen LogP contribution is -2.27. The van der Waals surface area contributed by atoms with E-state index in [2.05, 4.69) is 30.8 Å². The van der Waals surface area contributed by atoms with Gasteiger partial charge in [0.15, 0.2) is 0 Å². The molecule has 0 aromatic carbocycles. The van der Waals surface area contributed by atoms with Gasteiger partial charge in [0, 0.05) is 12.1 Å². The van der Waals surface area contributed by atoms with Crippen molar-refractivity contribution in [3.8, 4) is 0 Å². The van der Waals surface area contributed by atoms with Crippen molar-refractivity contribution < 1.29 is 19.5 Å². The van der Waals surface area contributed by atoms with Crippen molar-refractivity contribution >= 4 is 17.8 Å². The molecule has 0 aliphatic carbocycles. The Morgan fingerprint density at radius 2 is 1.44 bits per heavy atom. The number of carboxylic acids is 1. The predicted molar refractivity (Wildman–Crippen MR) is 70.7 cm³/mol. The molecule has 0 saturated carbocycles. The normalized spacial score (nSPS) is 7.50. The van der Waals surface area contributed by atoms with Crippen LogP contribution in [0.15, 0.2) is 38.0 Å². The fraction of sp³-hybridized carbons (Fsp3) is 0.250. The minimum Gasteiger partial charge on any atom is -0.478 e. The molecule has 0 spiro atoms. The maximum absolute atomic E-state index is 10.4. The van der Waals surface area contributed by atoms with Crippen LogP contribution < -0.4 is 11.1 Å². The molecule has 0 unspecified atom stereocenters. The van der Waals surface area contributed by atoms with Crippen LogP contribution >= 0.6 is 0 Å². The number of hydrogen-bond donors (Lipinski definition) is 3. The van der Waals surface area contributed by atoms with Gasteiger partial charge in [-0.25, -0.2) is 4.79 Å². The molecule has 6 nitrogen and oxygen atoms in total. The molecule has 0 atom stereocenters. The minimum atomic E-state index is -0.981. The minimum absolute atomic E-state index is 0.111. The average molecular weight is 256 g/mol. The number of nitrogens with one attached hydrogen (secondary N) is 1. The summed E-state index contributed by atoms with van der Waals surface area (Å²) in [5.74, 6) is -1.57. The summed E-state index contributed by atoms with van der Waals surface area (Å²) in [4.78, 5) is 29.1. The Morgan fingerprint density at radius 3 is 1.50 bits per heavy atom. The number of carbonyl (C=O) groups excluding carboxylic acids is 2. The second kappa shape index (κ2) is 14.6. The summed E-state index contributed by atoms with van der Waals surface area (Å²) in [5.41, 5.74) is 4.53. The zero-order valence-electron chi connectivity index (χ0n) is 10.7. The zero-order chi connectivity index (χ0) is 15.1. The predicted octanol–water partition coefficient (Wildman–Crippen LogP) is 0.612. The van der Waals surface area contributed by atoms with E-state index >= 15 is 0 Å². The molecule has 0 radical (unpaired) electrons. The van der Waals surface area contributed by atoms with Gasteiger partial charge in [-0.15, -0.1) is 0 Å². The molecule has 0 saturated heterocycles. The van der Waals surface area contributed by atoms with Crippen molar-refractivity contribution in [3.63, 3.8) is 0 Å². The second-order valence-corrected chi connectivity index (χ2v) is 3.02. The molecule has 0 bridgehead atoms. The first-order valence-electron chi connectivity index (χ1n) is 4.91. The van der Waals surface area contributed by atoms with Crippen LogP contribution in [0.25, 0.3) is 0 Å². The van der Waals surface area contributed by atoms with Crippen molar-refractivity contribution in [1.82, 2.24) is 5.32 Å². The fourth-order valence-electron chi connectivity index (χ4n) is 0.343. The molecule has 0 heterocycles. The van der Waals surface area contributed by atoms with Gasteiger partial charge in [0.25, 0.3) is 0 Å². The van der Waals surface area contributed by atoms with Crippen LogP contribution in [0.2, 0.25) is 0 Å². The van der Waals surface area contributed by atoms with Gasteiger partial charge < -0.3 is 16.2 Å². The molecule has 0 aliphatic rings. The molecule has 0 aliphatic heterocycles. The van der Waals surface area contributed by atoms with E-state index in [0.29, 0.717) is 0 Å². The smallest absolute Gasteiger partial charge is 0.327 e. The SMILES string of the molecule is C=CC(=O)NC(C)C.C=CC(=O)O.C=CC(N)=O. The van der Waals surface area contributed by atoms with Gasteiger partial charge in [0.05, 0.1) is 0 Å². The summed E-state index contributed by atoms with van der Waals surface area (Å²) in [6.45, 7) is 13.2. The molecular weight excluding hydrogens is 236 g/mol. The maximum atomic E-state index is 10.4. The largest absolute Gasteiger partial charge is 0.478 e. The lowest BCUT2D eigenvalue weighted by atomic mass is 10.4. The highest BCUT2D eigenvalue weighted by atomic mass is 16.4. The third-order valence-corrected chi connectivity index (χ3v) is 0.992. The quantitative estimate of drug-likeness (QED) is 0.640. The van der Waals surface area contributed by atoms with E-state index in [1.807, 2.05) is 13.8 Å².